The quantitative estimate of drug-likeness (QED) is 0.415. The fraction of sp³-hybridized carbons (Fsp3) is 0.667. The van der Waals surface area contributed by atoms with Gasteiger partial charge < -0.3 is 4.74 Å². The lowest BCUT2D eigenvalue weighted by Crippen LogP contribution is -1.95. The third-order valence-electron chi connectivity index (χ3n) is 1.29. The summed E-state index contributed by atoms with van der Waals surface area (Å²) in [7, 11) is 0. The second-order valence-corrected chi connectivity index (χ2v) is 2.30. The van der Waals surface area contributed by atoms with E-state index in [0.29, 0.717) is 6.42 Å². The molecule has 0 N–H and O–H groups in total. The van der Waals surface area contributed by atoms with Crippen LogP contribution in [0.25, 0.3) is 0 Å². The molecule has 0 saturated heterocycles. The molecule has 0 aliphatic heterocycles. The van der Waals surface area contributed by atoms with E-state index in [0.717, 1.165) is 32.5 Å². The molecule has 0 aliphatic rings. The molecule has 0 spiro atoms. The normalized spacial score (nSPS) is 9.00. The summed E-state index contributed by atoms with van der Waals surface area (Å²) in [6.45, 7) is 5.12. The molecule has 0 saturated carbocycles. The smallest absolute Gasteiger partial charge is 0.0621 e. The topological polar surface area (TPSA) is 33.0 Å². The highest BCUT2D eigenvalue weighted by molar-refractivity contribution is 4.68. The Morgan fingerprint density at radius 2 is 2.18 bits per heavy atom. The highest BCUT2D eigenvalue weighted by atomic mass is 16.5. The van der Waals surface area contributed by atoms with Crippen molar-refractivity contribution in [3.05, 3.63) is 12.7 Å². The van der Waals surface area contributed by atoms with E-state index in [4.69, 9.17) is 10.00 Å². The number of hydrogen-bond acceptors (Lipinski definition) is 2. The summed E-state index contributed by atoms with van der Waals surface area (Å²) in [6.07, 6.45) is 5.34. The second-order valence-electron chi connectivity index (χ2n) is 2.30. The van der Waals surface area contributed by atoms with Crippen LogP contribution in [0.1, 0.15) is 25.7 Å². The fourth-order valence-corrected chi connectivity index (χ4v) is 0.677. The first-order valence-corrected chi connectivity index (χ1v) is 3.97. The van der Waals surface area contributed by atoms with Crippen molar-refractivity contribution in [1.82, 2.24) is 0 Å². The van der Waals surface area contributed by atoms with Crippen LogP contribution >= 0.6 is 0 Å². The molecule has 11 heavy (non-hydrogen) atoms. The molecule has 0 amide bonds. The van der Waals surface area contributed by atoms with Gasteiger partial charge in [0.2, 0.25) is 0 Å². The van der Waals surface area contributed by atoms with Gasteiger partial charge in [-0.05, 0) is 19.3 Å². The molecule has 0 unspecified atom stereocenters. The highest BCUT2D eigenvalue weighted by Crippen LogP contribution is 1.94. The van der Waals surface area contributed by atoms with Crippen molar-refractivity contribution in [1.29, 1.82) is 5.26 Å². The fourth-order valence-electron chi connectivity index (χ4n) is 0.677. The standard InChI is InChI=1S/C9H15NO/c1-2-3-8-11-9-6-4-5-7-10/h2H,1,3-6,8-9H2. The number of hydrogen-bond donors (Lipinski definition) is 0. The average Bonchev–Trinajstić information content (AvgIpc) is 2.03. The van der Waals surface area contributed by atoms with Crippen LogP contribution in [0.4, 0.5) is 0 Å². The van der Waals surface area contributed by atoms with Crippen LogP contribution in [0.15, 0.2) is 12.7 Å². The van der Waals surface area contributed by atoms with Gasteiger partial charge in [0.25, 0.3) is 0 Å². The monoisotopic (exact) mass is 153 g/mol. The van der Waals surface area contributed by atoms with Crippen LogP contribution in [0.3, 0.4) is 0 Å². The minimum absolute atomic E-state index is 0.644. The molecule has 0 rings (SSSR count). The van der Waals surface area contributed by atoms with Crippen molar-refractivity contribution in [3.8, 4) is 6.07 Å². The first-order valence-electron chi connectivity index (χ1n) is 3.97. The minimum atomic E-state index is 0.644. The third-order valence-corrected chi connectivity index (χ3v) is 1.29. The molecule has 0 bridgehead atoms. The van der Waals surface area contributed by atoms with Gasteiger partial charge in [0.15, 0.2) is 0 Å². The molecule has 0 aromatic heterocycles. The molecule has 62 valence electrons. The van der Waals surface area contributed by atoms with Gasteiger partial charge in [-0.3, -0.25) is 0 Å². The van der Waals surface area contributed by atoms with E-state index in [9.17, 15) is 0 Å². The van der Waals surface area contributed by atoms with Gasteiger partial charge in [-0.2, -0.15) is 5.26 Å². The van der Waals surface area contributed by atoms with E-state index in [2.05, 4.69) is 12.6 Å². The molecule has 0 aromatic rings. The van der Waals surface area contributed by atoms with Gasteiger partial charge in [-0.1, -0.05) is 6.08 Å². The van der Waals surface area contributed by atoms with Gasteiger partial charge in [0, 0.05) is 19.6 Å². The largest absolute Gasteiger partial charge is 0.381 e. The number of nitriles is 1. The van der Waals surface area contributed by atoms with E-state index < -0.39 is 0 Å². The molecule has 0 fully saturated rings. The Labute approximate surface area is 68.5 Å². The first-order chi connectivity index (χ1) is 5.41. The van der Waals surface area contributed by atoms with Gasteiger partial charge in [-0.25, -0.2) is 0 Å². The van der Waals surface area contributed by atoms with Crippen molar-refractivity contribution >= 4 is 0 Å². The van der Waals surface area contributed by atoms with Gasteiger partial charge >= 0.3 is 0 Å². The van der Waals surface area contributed by atoms with Crippen LogP contribution in [-0.2, 0) is 4.74 Å². The second kappa shape index (κ2) is 9.19. The molecule has 2 nitrogen and oxygen atoms in total. The lowest BCUT2D eigenvalue weighted by atomic mass is 10.3. The van der Waals surface area contributed by atoms with Gasteiger partial charge in [-0.15, -0.1) is 6.58 Å². The molecule has 0 radical (unpaired) electrons. The molecule has 0 aromatic carbocycles. The Hall–Kier alpha value is -0.810. The van der Waals surface area contributed by atoms with Crippen molar-refractivity contribution in [2.45, 2.75) is 25.7 Å². The molecular weight excluding hydrogens is 138 g/mol. The average molecular weight is 153 g/mol. The molecule has 0 atom stereocenters. The summed E-state index contributed by atoms with van der Waals surface area (Å²) in [4.78, 5) is 0. The number of ether oxygens (including phenoxy) is 1. The first kappa shape index (κ1) is 10.2. The predicted octanol–water partition coefficient (Wildman–Crippen LogP) is 2.27. The molecule has 2 heteroatoms. The Bertz CT molecular complexity index is 126. The number of nitrogens with zero attached hydrogens (tertiary/aromatic N) is 1. The maximum absolute atomic E-state index is 8.20. The summed E-state index contributed by atoms with van der Waals surface area (Å²) in [6, 6.07) is 2.10. The Morgan fingerprint density at radius 1 is 1.36 bits per heavy atom. The van der Waals surface area contributed by atoms with Gasteiger partial charge in [0.05, 0.1) is 6.07 Å². The molecule has 0 aliphatic carbocycles. The third kappa shape index (κ3) is 9.19. The highest BCUT2D eigenvalue weighted by Gasteiger charge is 1.87. The Morgan fingerprint density at radius 3 is 2.82 bits per heavy atom. The van der Waals surface area contributed by atoms with E-state index in [1.165, 1.54) is 0 Å². The van der Waals surface area contributed by atoms with E-state index in [1.54, 1.807) is 0 Å². The number of unbranched alkanes of at least 4 members (excludes halogenated alkanes) is 2. The summed E-state index contributed by atoms with van der Waals surface area (Å²) >= 11 is 0. The van der Waals surface area contributed by atoms with Crippen LogP contribution in [-0.4, -0.2) is 13.2 Å². The SMILES string of the molecule is C=CCCOCCCCC#N. The van der Waals surface area contributed by atoms with E-state index in [1.807, 2.05) is 6.08 Å². The maximum atomic E-state index is 8.20. The molecular formula is C9H15NO. The number of rotatable bonds is 7. The van der Waals surface area contributed by atoms with E-state index in [-0.39, 0.29) is 0 Å². The Kier molecular flexibility index (Phi) is 8.51. The lowest BCUT2D eigenvalue weighted by molar-refractivity contribution is 0.135. The van der Waals surface area contributed by atoms with Crippen LogP contribution in [0.2, 0.25) is 0 Å². The van der Waals surface area contributed by atoms with Crippen LogP contribution in [0, 0.1) is 11.3 Å². The van der Waals surface area contributed by atoms with Crippen LogP contribution < -0.4 is 0 Å². The van der Waals surface area contributed by atoms with Gasteiger partial charge in [0.1, 0.15) is 0 Å². The summed E-state index contributed by atoms with van der Waals surface area (Å²) in [5.41, 5.74) is 0. The zero-order valence-electron chi connectivity index (χ0n) is 6.88. The van der Waals surface area contributed by atoms with Crippen LogP contribution in [0.5, 0.6) is 0 Å². The lowest BCUT2D eigenvalue weighted by Gasteiger charge is -1.99. The summed E-state index contributed by atoms with van der Waals surface area (Å²) in [5, 5.41) is 8.20. The van der Waals surface area contributed by atoms with Crippen molar-refractivity contribution in [2.24, 2.45) is 0 Å². The summed E-state index contributed by atoms with van der Waals surface area (Å²) < 4.78 is 5.24. The molecule has 0 heterocycles. The zero-order chi connectivity index (χ0) is 8.36. The zero-order valence-corrected chi connectivity index (χ0v) is 6.88. The van der Waals surface area contributed by atoms with Crippen molar-refractivity contribution < 1.29 is 4.74 Å². The predicted molar refractivity (Wildman–Crippen MR) is 45.1 cm³/mol. The van der Waals surface area contributed by atoms with Crippen molar-refractivity contribution in [2.75, 3.05) is 13.2 Å². The maximum Gasteiger partial charge on any atom is 0.0621 e. The summed E-state index contributed by atoms with van der Waals surface area (Å²) in [5.74, 6) is 0. The van der Waals surface area contributed by atoms with Crippen molar-refractivity contribution in [3.63, 3.8) is 0 Å². The Balaban J connectivity index is 2.80. The minimum Gasteiger partial charge on any atom is -0.381 e. The van der Waals surface area contributed by atoms with E-state index >= 15 is 0 Å².